The Bertz CT molecular complexity index is 1330. The van der Waals surface area contributed by atoms with Crippen molar-refractivity contribution in [3.8, 4) is 39.1 Å². The van der Waals surface area contributed by atoms with Crippen molar-refractivity contribution >= 4 is 0 Å². The third-order valence-corrected chi connectivity index (χ3v) is 6.07. The van der Waals surface area contributed by atoms with Gasteiger partial charge in [0.05, 0.1) is 0 Å². The Kier molecular flexibility index (Phi) is 8.21. The topological polar surface area (TPSA) is 22.1 Å². The number of hydrogen-bond donors (Lipinski definition) is 0. The Morgan fingerprint density at radius 2 is 1.47 bits per heavy atom. The molecule has 0 aliphatic rings. The standard InChI is InChI=1S/C31H28F3NO/c1-3-5-6-7-25-14-12-24(20-35-25)26-15-13-23(19-28(26)32)21-8-10-22(11-9-21)27-16-17-29(36-18-4-2)31(34)30(27)33/h4,8-17,19-20H,2-3,5-7,18H2,1H3. The number of benzene rings is 3. The monoisotopic (exact) mass is 487 g/mol. The molecule has 0 saturated heterocycles. The molecule has 184 valence electrons. The lowest BCUT2D eigenvalue weighted by Crippen LogP contribution is -1.99. The van der Waals surface area contributed by atoms with E-state index >= 15 is 4.39 Å². The Morgan fingerprint density at radius 1 is 0.778 bits per heavy atom. The van der Waals surface area contributed by atoms with Crippen molar-refractivity contribution in [3.05, 3.63) is 109 Å². The van der Waals surface area contributed by atoms with Gasteiger partial charge in [-0.3, -0.25) is 4.98 Å². The third-order valence-electron chi connectivity index (χ3n) is 6.07. The molecule has 0 amide bonds. The fourth-order valence-corrected chi connectivity index (χ4v) is 4.07. The van der Waals surface area contributed by atoms with Crippen molar-refractivity contribution < 1.29 is 17.9 Å². The van der Waals surface area contributed by atoms with Gasteiger partial charge < -0.3 is 4.74 Å². The summed E-state index contributed by atoms with van der Waals surface area (Å²) in [5, 5.41) is 0. The van der Waals surface area contributed by atoms with Gasteiger partial charge in [0.25, 0.3) is 0 Å². The van der Waals surface area contributed by atoms with E-state index in [-0.39, 0.29) is 23.7 Å². The van der Waals surface area contributed by atoms with Gasteiger partial charge in [-0.1, -0.05) is 74.9 Å². The molecule has 0 aliphatic heterocycles. The first kappa shape index (κ1) is 25.2. The molecule has 1 aromatic heterocycles. The lowest BCUT2D eigenvalue weighted by atomic mass is 9.97. The van der Waals surface area contributed by atoms with Crippen molar-refractivity contribution in [2.24, 2.45) is 0 Å². The zero-order chi connectivity index (χ0) is 25.5. The van der Waals surface area contributed by atoms with E-state index in [0.29, 0.717) is 16.7 Å². The van der Waals surface area contributed by atoms with Gasteiger partial charge in [-0.15, -0.1) is 0 Å². The molecule has 4 rings (SSSR count). The number of rotatable bonds is 10. The van der Waals surface area contributed by atoms with Gasteiger partial charge in [0.1, 0.15) is 12.4 Å². The minimum atomic E-state index is -1.04. The van der Waals surface area contributed by atoms with Gasteiger partial charge in [-0.2, -0.15) is 4.39 Å². The number of unbranched alkanes of at least 4 members (excludes halogenated alkanes) is 2. The maximum atomic E-state index is 15.0. The largest absolute Gasteiger partial charge is 0.486 e. The van der Waals surface area contributed by atoms with Crippen molar-refractivity contribution in [2.75, 3.05) is 6.61 Å². The molecule has 0 spiro atoms. The summed E-state index contributed by atoms with van der Waals surface area (Å²) in [5.41, 5.74) is 4.31. The molecule has 0 saturated carbocycles. The summed E-state index contributed by atoms with van der Waals surface area (Å²) in [6, 6.07) is 18.7. The number of ether oxygens (including phenoxy) is 1. The fraction of sp³-hybridized carbons (Fsp3) is 0.194. The Morgan fingerprint density at radius 3 is 2.14 bits per heavy atom. The number of aromatic nitrogens is 1. The Hall–Kier alpha value is -3.86. The van der Waals surface area contributed by atoms with E-state index in [4.69, 9.17) is 4.74 Å². The predicted molar refractivity (Wildman–Crippen MR) is 139 cm³/mol. The van der Waals surface area contributed by atoms with E-state index in [1.54, 1.807) is 36.5 Å². The second-order valence-corrected chi connectivity index (χ2v) is 8.61. The first-order valence-corrected chi connectivity index (χ1v) is 12.1. The summed E-state index contributed by atoms with van der Waals surface area (Å²) in [5.74, 6) is -2.53. The molecule has 1 heterocycles. The average molecular weight is 488 g/mol. The van der Waals surface area contributed by atoms with Gasteiger partial charge in [0.2, 0.25) is 5.82 Å². The van der Waals surface area contributed by atoms with Crippen LogP contribution in [-0.4, -0.2) is 11.6 Å². The summed E-state index contributed by atoms with van der Waals surface area (Å²) in [4.78, 5) is 4.48. The highest BCUT2D eigenvalue weighted by Crippen LogP contribution is 2.32. The number of pyridine rings is 1. The molecule has 0 N–H and O–H groups in total. The number of hydrogen-bond acceptors (Lipinski definition) is 2. The van der Waals surface area contributed by atoms with Crippen LogP contribution >= 0.6 is 0 Å². The minimum absolute atomic E-state index is 0.0840. The average Bonchev–Trinajstić information content (AvgIpc) is 2.90. The highest BCUT2D eigenvalue weighted by atomic mass is 19.2. The minimum Gasteiger partial charge on any atom is -0.486 e. The molecular formula is C31H28F3NO. The van der Waals surface area contributed by atoms with Crippen molar-refractivity contribution in [1.82, 2.24) is 4.98 Å². The van der Waals surface area contributed by atoms with Crippen LogP contribution in [0.1, 0.15) is 31.9 Å². The van der Waals surface area contributed by atoms with Crippen molar-refractivity contribution in [3.63, 3.8) is 0 Å². The van der Waals surface area contributed by atoms with Crippen LogP contribution in [0.4, 0.5) is 13.2 Å². The second kappa shape index (κ2) is 11.7. The third kappa shape index (κ3) is 5.68. The Labute approximate surface area is 210 Å². The van der Waals surface area contributed by atoms with Crippen LogP contribution in [0.15, 0.2) is 85.6 Å². The van der Waals surface area contributed by atoms with Crippen LogP contribution in [0.3, 0.4) is 0 Å². The summed E-state index contributed by atoms with van der Waals surface area (Å²) in [7, 11) is 0. The fourth-order valence-electron chi connectivity index (χ4n) is 4.07. The van der Waals surface area contributed by atoms with Gasteiger partial charge in [-0.25, -0.2) is 8.78 Å². The van der Waals surface area contributed by atoms with Crippen molar-refractivity contribution in [1.29, 1.82) is 0 Å². The second-order valence-electron chi connectivity index (χ2n) is 8.61. The highest BCUT2D eigenvalue weighted by molar-refractivity contribution is 5.74. The first-order valence-electron chi connectivity index (χ1n) is 12.1. The number of nitrogens with zero attached hydrogens (tertiary/aromatic N) is 1. The van der Waals surface area contributed by atoms with Crippen LogP contribution in [-0.2, 0) is 6.42 Å². The van der Waals surface area contributed by atoms with Gasteiger partial charge in [0.15, 0.2) is 11.6 Å². The van der Waals surface area contributed by atoms with E-state index in [1.807, 2.05) is 18.2 Å². The lowest BCUT2D eigenvalue weighted by molar-refractivity contribution is 0.333. The first-order chi connectivity index (χ1) is 17.5. The summed E-state index contributed by atoms with van der Waals surface area (Å²) in [6.45, 7) is 5.75. The normalized spacial score (nSPS) is 10.9. The zero-order valence-corrected chi connectivity index (χ0v) is 20.2. The van der Waals surface area contributed by atoms with E-state index in [0.717, 1.165) is 36.1 Å². The van der Waals surface area contributed by atoms with E-state index in [1.165, 1.54) is 30.7 Å². The molecule has 5 heteroatoms. The zero-order valence-electron chi connectivity index (χ0n) is 20.2. The molecule has 0 aliphatic carbocycles. The smallest absolute Gasteiger partial charge is 0.201 e. The molecule has 36 heavy (non-hydrogen) atoms. The summed E-state index contributed by atoms with van der Waals surface area (Å²) >= 11 is 0. The molecule has 4 aromatic rings. The lowest BCUT2D eigenvalue weighted by Gasteiger charge is -2.11. The van der Waals surface area contributed by atoms with E-state index < -0.39 is 11.6 Å². The maximum absolute atomic E-state index is 15.0. The number of halogens is 3. The molecule has 0 bridgehead atoms. The number of aryl methyl sites for hydroxylation is 1. The highest BCUT2D eigenvalue weighted by Gasteiger charge is 2.16. The molecule has 0 radical (unpaired) electrons. The molecule has 2 nitrogen and oxygen atoms in total. The van der Waals surface area contributed by atoms with Gasteiger partial charge in [-0.05, 0) is 53.8 Å². The van der Waals surface area contributed by atoms with E-state index in [2.05, 4.69) is 18.5 Å². The van der Waals surface area contributed by atoms with Crippen LogP contribution in [0, 0.1) is 17.5 Å². The predicted octanol–water partition coefficient (Wildman–Crippen LogP) is 8.80. The van der Waals surface area contributed by atoms with Crippen LogP contribution in [0.25, 0.3) is 33.4 Å². The molecular weight excluding hydrogens is 459 g/mol. The summed E-state index contributed by atoms with van der Waals surface area (Å²) < 4.78 is 49.1. The molecule has 0 unspecified atom stereocenters. The molecule has 0 fully saturated rings. The molecule has 0 atom stereocenters. The maximum Gasteiger partial charge on any atom is 0.201 e. The van der Waals surface area contributed by atoms with E-state index in [9.17, 15) is 8.78 Å². The van der Waals surface area contributed by atoms with Gasteiger partial charge >= 0.3 is 0 Å². The van der Waals surface area contributed by atoms with Crippen LogP contribution in [0.2, 0.25) is 0 Å². The van der Waals surface area contributed by atoms with Crippen molar-refractivity contribution in [2.45, 2.75) is 32.6 Å². The Balaban J connectivity index is 1.52. The van der Waals surface area contributed by atoms with Crippen LogP contribution < -0.4 is 4.74 Å². The quantitative estimate of drug-likeness (QED) is 0.165. The SMILES string of the molecule is C=CCOc1ccc(-c2ccc(-c3ccc(-c4ccc(CCCCC)nc4)c(F)c3)cc2)c(F)c1F. The van der Waals surface area contributed by atoms with Crippen LogP contribution in [0.5, 0.6) is 5.75 Å². The summed E-state index contributed by atoms with van der Waals surface area (Å²) in [6.07, 6.45) is 7.53. The molecule has 3 aromatic carbocycles. The van der Waals surface area contributed by atoms with Gasteiger partial charge in [0, 0.05) is 28.6 Å².